The van der Waals surface area contributed by atoms with Crippen molar-refractivity contribution >= 4 is 22.6 Å². The van der Waals surface area contributed by atoms with Crippen molar-refractivity contribution in [2.75, 3.05) is 0 Å². The Kier molecular flexibility index (Phi) is 3.10. The first-order valence-electron chi connectivity index (χ1n) is 4.99. The molecule has 0 atom stereocenters. The number of aryl methyl sites for hydroxylation is 2. The summed E-state index contributed by atoms with van der Waals surface area (Å²) >= 11 is 2.36. The van der Waals surface area contributed by atoms with Crippen LogP contribution in [-0.4, -0.2) is 0 Å². The van der Waals surface area contributed by atoms with Crippen molar-refractivity contribution in [3.63, 3.8) is 0 Å². The minimum Gasteiger partial charge on any atom is -0.0587 e. The Morgan fingerprint density at radius 1 is 0.733 bits per heavy atom. The van der Waals surface area contributed by atoms with Crippen LogP contribution >= 0.6 is 22.6 Å². The van der Waals surface area contributed by atoms with Crippen molar-refractivity contribution in [3.05, 3.63) is 57.2 Å². The third kappa shape index (κ3) is 2.59. The summed E-state index contributed by atoms with van der Waals surface area (Å²) in [5, 5.41) is 0. The van der Waals surface area contributed by atoms with E-state index < -0.39 is 0 Å². The maximum atomic E-state index is 2.36. The van der Waals surface area contributed by atoms with E-state index >= 15 is 0 Å². The van der Waals surface area contributed by atoms with Gasteiger partial charge in [-0.15, -0.1) is 0 Å². The minimum atomic E-state index is 1.29. The van der Waals surface area contributed by atoms with Gasteiger partial charge in [-0.2, -0.15) is 0 Å². The van der Waals surface area contributed by atoms with Crippen molar-refractivity contribution in [3.8, 4) is 11.1 Å². The lowest BCUT2D eigenvalue weighted by molar-refractivity contribution is 1.43. The third-order valence-corrected chi connectivity index (χ3v) is 3.05. The van der Waals surface area contributed by atoms with Gasteiger partial charge in [0.1, 0.15) is 0 Å². The Hall–Kier alpha value is -0.830. The molecule has 0 amide bonds. The number of halogens is 1. The molecule has 0 spiro atoms. The lowest BCUT2D eigenvalue weighted by Gasteiger charge is -2.04. The maximum Gasteiger partial charge on any atom is 0.0139 e. The molecule has 0 saturated heterocycles. The van der Waals surface area contributed by atoms with Gasteiger partial charge < -0.3 is 0 Å². The zero-order chi connectivity index (χ0) is 10.8. The highest BCUT2D eigenvalue weighted by Gasteiger charge is 1.99. The van der Waals surface area contributed by atoms with E-state index in [0.29, 0.717) is 0 Å². The van der Waals surface area contributed by atoms with Crippen LogP contribution in [0.4, 0.5) is 0 Å². The molecule has 2 aromatic carbocycles. The van der Waals surface area contributed by atoms with E-state index in [1.165, 1.54) is 25.8 Å². The van der Waals surface area contributed by atoms with Crippen molar-refractivity contribution < 1.29 is 0 Å². The van der Waals surface area contributed by atoms with Gasteiger partial charge in [0.25, 0.3) is 0 Å². The van der Waals surface area contributed by atoms with E-state index in [9.17, 15) is 0 Å². The van der Waals surface area contributed by atoms with Gasteiger partial charge >= 0.3 is 0 Å². The van der Waals surface area contributed by atoms with Crippen LogP contribution in [0, 0.1) is 17.4 Å². The zero-order valence-electron chi connectivity index (χ0n) is 8.92. The average Bonchev–Trinajstić information content (AvgIpc) is 2.17. The molecule has 1 heteroatoms. The van der Waals surface area contributed by atoms with Crippen molar-refractivity contribution in [2.45, 2.75) is 13.8 Å². The minimum absolute atomic E-state index is 1.29. The second-order valence-electron chi connectivity index (χ2n) is 3.88. The second-order valence-corrected chi connectivity index (χ2v) is 5.13. The highest BCUT2D eigenvalue weighted by Crippen LogP contribution is 2.23. The molecule has 0 radical (unpaired) electrons. The molecule has 0 unspecified atom stereocenters. The Labute approximate surface area is 104 Å². The van der Waals surface area contributed by atoms with Crippen LogP contribution in [-0.2, 0) is 0 Å². The standard InChI is InChI=1S/C14H13I/c1-10-3-5-12(6-4-10)13-7-11(2)8-14(15)9-13/h3-9H,1-2H3. The normalized spacial score (nSPS) is 10.3. The molecule has 76 valence electrons. The summed E-state index contributed by atoms with van der Waals surface area (Å²) in [5.74, 6) is 0. The van der Waals surface area contributed by atoms with Crippen molar-refractivity contribution in [1.29, 1.82) is 0 Å². The molecule has 0 aliphatic heterocycles. The van der Waals surface area contributed by atoms with Crippen LogP contribution in [0.25, 0.3) is 11.1 Å². The van der Waals surface area contributed by atoms with Gasteiger partial charge in [-0.3, -0.25) is 0 Å². The summed E-state index contributed by atoms with van der Waals surface area (Å²) in [6.45, 7) is 4.25. The Bertz CT molecular complexity index is 449. The monoisotopic (exact) mass is 308 g/mol. The van der Waals surface area contributed by atoms with Gasteiger partial charge in [-0.1, -0.05) is 35.9 Å². The number of hydrogen-bond acceptors (Lipinski definition) is 0. The Morgan fingerprint density at radius 3 is 2.00 bits per heavy atom. The van der Waals surface area contributed by atoms with Crippen LogP contribution in [0.5, 0.6) is 0 Å². The molecule has 0 bridgehead atoms. The molecule has 0 heterocycles. The molecule has 0 N–H and O–H groups in total. The smallest absolute Gasteiger partial charge is 0.0139 e. The van der Waals surface area contributed by atoms with Gasteiger partial charge in [0, 0.05) is 3.57 Å². The molecule has 0 saturated carbocycles. The second kappa shape index (κ2) is 4.35. The van der Waals surface area contributed by atoms with E-state index in [1.807, 2.05) is 0 Å². The molecule has 15 heavy (non-hydrogen) atoms. The SMILES string of the molecule is Cc1ccc(-c2cc(C)cc(I)c2)cc1. The summed E-state index contributed by atoms with van der Waals surface area (Å²) in [6, 6.07) is 15.3. The maximum absolute atomic E-state index is 2.36. The van der Waals surface area contributed by atoms with E-state index in [0.717, 1.165) is 0 Å². The predicted molar refractivity (Wildman–Crippen MR) is 74.1 cm³/mol. The first-order valence-corrected chi connectivity index (χ1v) is 6.07. The third-order valence-electron chi connectivity index (χ3n) is 2.43. The first-order chi connectivity index (χ1) is 7.15. The van der Waals surface area contributed by atoms with Gasteiger partial charge in [0.15, 0.2) is 0 Å². The predicted octanol–water partition coefficient (Wildman–Crippen LogP) is 4.58. The Balaban J connectivity index is 2.49. The van der Waals surface area contributed by atoms with Gasteiger partial charge in [-0.05, 0) is 65.3 Å². The quantitative estimate of drug-likeness (QED) is 0.677. The lowest BCUT2D eigenvalue weighted by Crippen LogP contribution is -1.82. The molecule has 0 aliphatic rings. The summed E-state index contributed by atoms with van der Waals surface area (Å²) in [6.07, 6.45) is 0. The topological polar surface area (TPSA) is 0 Å². The largest absolute Gasteiger partial charge is 0.0587 e. The fourth-order valence-corrected chi connectivity index (χ4v) is 2.48. The fourth-order valence-electron chi connectivity index (χ4n) is 1.65. The van der Waals surface area contributed by atoms with E-state index in [4.69, 9.17) is 0 Å². The van der Waals surface area contributed by atoms with E-state index in [1.54, 1.807) is 0 Å². The summed E-state index contributed by atoms with van der Waals surface area (Å²) in [5.41, 5.74) is 5.22. The molecule has 0 aliphatic carbocycles. The molecular weight excluding hydrogens is 295 g/mol. The molecule has 0 aromatic heterocycles. The first kappa shape index (κ1) is 10.7. The zero-order valence-corrected chi connectivity index (χ0v) is 11.1. The molecule has 0 fully saturated rings. The lowest BCUT2D eigenvalue weighted by atomic mass is 10.0. The van der Waals surface area contributed by atoms with E-state index in [2.05, 4.69) is 78.9 Å². The Morgan fingerprint density at radius 2 is 1.40 bits per heavy atom. The van der Waals surface area contributed by atoms with Crippen LogP contribution in [0.2, 0.25) is 0 Å². The summed E-state index contributed by atoms with van der Waals surface area (Å²) in [7, 11) is 0. The summed E-state index contributed by atoms with van der Waals surface area (Å²) in [4.78, 5) is 0. The van der Waals surface area contributed by atoms with Crippen LogP contribution < -0.4 is 0 Å². The van der Waals surface area contributed by atoms with Gasteiger partial charge in [-0.25, -0.2) is 0 Å². The van der Waals surface area contributed by atoms with E-state index in [-0.39, 0.29) is 0 Å². The average molecular weight is 308 g/mol. The van der Waals surface area contributed by atoms with Crippen molar-refractivity contribution in [2.24, 2.45) is 0 Å². The number of benzene rings is 2. The van der Waals surface area contributed by atoms with Crippen LogP contribution in [0.1, 0.15) is 11.1 Å². The highest BCUT2D eigenvalue weighted by atomic mass is 127. The molecule has 0 nitrogen and oxygen atoms in total. The van der Waals surface area contributed by atoms with Gasteiger partial charge in [0.05, 0.1) is 0 Å². The highest BCUT2D eigenvalue weighted by molar-refractivity contribution is 14.1. The molecule has 2 aromatic rings. The number of hydrogen-bond donors (Lipinski definition) is 0. The van der Waals surface area contributed by atoms with Crippen LogP contribution in [0.15, 0.2) is 42.5 Å². The summed E-state index contributed by atoms with van der Waals surface area (Å²) < 4.78 is 1.29. The van der Waals surface area contributed by atoms with Crippen LogP contribution in [0.3, 0.4) is 0 Å². The fraction of sp³-hybridized carbons (Fsp3) is 0.143. The molecular formula is C14H13I. The van der Waals surface area contributed by atoms with Gasteiger partial charge in [0.2, 0.25) is 0 Å². The number of rotatable bonds is 1. The van der Waals surface area contributed by atoms with Crippen molar-refractivity contribution in [1.82, 2.24) is 0 Å². The molecule has 2 rings (SSSR count).